The molecular formula is C16H17FN4O2. The molecule has 1 atom stereocenters. The lowest BCUT2D eigenvalue weighted by molar-refractivity contribution is 0.0776. The number of nitriles is 1. The van der Waals surface area contributed by atoms with Gasteiger partial charge in [-0.25, -0.2) is 4.39 Å². The predicted octanol–water partition coefficient (Wildman–Crippen LogP) is 1.76. The number of rotatable bonds is 4. The molecular weight excluding hydrogens is 299 g/mol. The lowest BCUT2D eigenvalue weighted by Gasteiger charge is -2.19. The summed E-state index contributed by atoms with van der Waals surface area (Å²) in [4.78, 5) is 13.9. The van der Waals surface area contributed by atoms with Crippen molar-refractivity contribution in [1.29, 1.82) is 5.26 Å². The summed E-state index contributed by atoms with van der Waals surface area (Å²) in [5.74, 6) is -0.867. The van der Waals surface area contributed by atoms with Gasteiger partial charge in [-0.15, -0.1) is 0 Å². The average Bonchev–Trinajstić information content (AvgIpc) is 2.85. The Bertz CT molecular complexity index is 777. The fourth-order valence-electron chi connectivity index (χ4n) is 2.30. The molecule has 2 aromatic rings. The molecule has 23 heavy (non-hydrogen) atoms. The van der Waals surface area contributed by atoms with Crippen LogP contribution in [0.1, 0.15) is 40.3 Å². The zero-order chi connectivity index (χ0) is 17.1. The van der Waals surface area contributed by atoms with Crippen molar-refractivity contribution in [3.05, 3.63) is 52.6 Å². The number of aryl methyl sites for hydroxylation is 1. The quantitative estimate of drug-likeness (QED) is 0.931. The van der Waals surface area contributed by atoms with Crippen molar-refractivity contribution in [2.75, 3.05) is 7.05 Å². The fourth-order valence-corrected chi connectivity index (χ4v) is 2.30. The predicted molar refractivity (Wildman–Crippen MR) is 80.8 cm³/mol. The number of aromatic nitrogens is 2. The molecule has 1 aromatic carbocycles. The fraction of sp³-hybridized carbons (Fsp3) is 0.312. The zero-order valence-corrected chi connectivity index (χ0v) is 13.1. The number of carbonyl (C=O) groups excluding carboxylic acids is 1. The molecule has 0 bridgehead atoms. The molecule has 0 saturated carbocycles. The third-order valence-electron chi connectivity index (χ3n) is 3.48. The molecule has 0 saturated heterocycles. The minimum atomic E-state index is -0.960. The van der Waals surface area contributed by atoms with Crippen molar-refractivity contribution in [1.82, 2.24) is 14.7 Å². The third-order valence-corrected chi connectivity index (χ3v) is 3.48. The Kier molecular flexibility index (Phi) is 4.77. The van der Waals surface area contributed by atoms with Crippen molar-refractivity contribution in [3.8, 4) is 6.07 Å². The number of amides is 1. The Morgan fingerprint density at radius 1 is 1.52 bits per heavy atom. The molecule has 0 spiro atoms. The number of hydrogen-bond acceptors (Lipinski definition) is 4. The van der Waals surface area contributed by atoms with Crippen LogP contribution >= 0.6 is 0 Å². The lowest BCUT2D eigenvalue weighted by Crippen LogP contribution is -2.27. The Hall–Kier alpha value is -2.72. The molecule has 0 radical (unpaired) electrons. The van der Waals surface area contributed by atoms with Gasteiger partial charge < -0.3 is 10.0 Å². The van der Waals surface area contributed by atoms with Crippen molar-refractivity contribution < 1.29 is 14.3 Å². The maximum atomic E-state index is 13.3. The zero-order valence-electron chi connectivity index (χ0n) is 13.1. The highest BCUT2D eigenvalue weighted by Gasteiger charge is 2.20. The first-order valence-electron chi connectivity index (χ1n) is 6.99. The topological polar surface area (TPSA) is 82.1 Å². The summed E-state index contributed by atoms with van der Waals surface area (Å²) >= 11 is 0. The first-order valence-corrected chi connectivity index (χ1v) is 6.99. The van der Waals surface area contributed by atoms with Gasteiger partial charge in [0.15, 0.2) is 0 Å². The van der Waals surface area contributed by atoms with Gasteiger partial charge in [-0.05, 0) is 36.8 Å². The summed E-state index contributed by atoms with van der Waals surface area (Å²) in [7, 11) is 3.23. The number of benzene rings is 1. The van der Waals surface area contributed by atoms with Crippen LogP contribution in [0, 0.1) is 17.1 Å². The maximum absolute atomic E-state index is 13.3. The van der Waals surface area contributed by atoms with Crippen molar-refractivity contribution in [2.24, 2.45) is 7.05 Å². The Balaban J connectivity index is 2.24. The summed E-state index contributed by atoms with van der Waals surface area (Å²) in [5.41, 5.74) is 1.44. The van der Waals surface area contributed by atoms with Gasteiger partial charge in [0.2, 0.25) is 0 Å². The summed E-state index contributed by atoms with van der Waals surface area (Å²) in [6.45, 7) is 1.68. The highest BCUT2D eigenvalue weighted by Crippen LogP contribution is 2.21. The van der Waals surface area contributed by atoms with E-state index < -0.39 is 11.9 Å². The molecule has 0 fully saturated rings. The van der Waals surface area contributed by atoms with E-state index in [1.54, 1.807) is 20.2 Å². The Morgan fingerprint density at radius 3 is 2.78 bits per heavy atom. The van der Waals surface area contributed by atoms with E-state index in [4.69, 9.17) is 5.26 Å². The van der Waals surface area contributed by atoms with Crippen molar-refractivity contribution >= 4 is 5.91 Å². The van der Waals surface area contributed by atoms with E-state index in [1.807, 2.05) is 6.07 Å². The summed E-state index contributed by atoms with van der Waals surface area (Å²) in [6.07, 6.45) is -0.960. The number of aliphatic hydroxyl groups is 1. The standard InChI is InChI=1S/C16H17FN4O2/c1-10(22)15-6-11(17)4-5-14(15)16(23)20(2)9-12-7-13(8-18)21(3)19-12/h4-7,10,22H,9H2,1-3H3/t10-/m1/s1. The van der Waals surface area contributed by atoms with Crippen LogP contribution in [-0.2, 0) is 13.6 Å². The van der Waals surface area contributed by atoms with E-state index in [-0.39, 0.29) is 23.6 Å². The normalized spacial score (nSPS) is 11.8. The largest absolute Gasteiger partial charge is 0.389 e. The molecule has 0 aliphatic heterocycles. The van der Waals surface area contributed by atoms with Gasteiger partial charge in [-0.1, -0.05) is 0 Å². The summed E-state index contributed by atoms with van der Waals surface area (Å²) < 4.78 is 14.8. The van der Waals surface area contributed by atoms with Crippen LogP contribution in [0.5, 0.6) is 0 Å². The molecule has 1 amide bonds. The van der Waals surface area contributed by atoms with Gasteiger partial charge in [0, 0.05) is 19.7 Å². The van der Waals surface area contributed by atoms with Crippen LogP contribution in [0.4, 0.5) is 4.39 Å². The number of carbonyl (C=O) groups is 1. The van der Waals surface area contributed by atoms with Crippen LogP contribution < -0.4 is 0 Å². The van der Waals surface area contributed by atoms with Gasteiger partial charge >= 0.3 is 0 Å². The molecule has 120 valence electrons. The molecule has 7 heteroatoms. The number of aliphatic hydroxyl groups excluding tert-OH is 1. The second-order valence-corrected chi connectivity index (χ2v) is 5.33. The molecule has 0 aliphatic carbocycles. The van der Waals surface area contributed by atoms with Crippen LogP contribution in [-0.4, -0.2) is 32.7 Å². The van der Waals surface area contributed by atoms with Gasteiger partial charge in [0.05, 0.1) is 18.3 Å². The first kappa shape index (κ1) is 16.6. The van der Waals surface area contributed by atoms with E-state index >= 15 is 0 Å². The van der Waals surface area contributed by atoms with Crippen LogP contribution in [0.25, 0.3) is 0 Å². The van der Waals surface area contributed by atoms with Crippen molar-refractivity contribution in [2.45, 2.75) is 19.6 Å². The van der Waals surface area contributed by atoms with E-state index in [1.165, 1.54) is 28.6 Å². The molecule has 0 aliphatic rings. The molecule has 1 aromatic heterocycles. The van der Waals surface area contributed by atoms with Gasteiger partial charge in [0.25, 0.3) is 5.91 Å². The third kappa shape index (κ3) is 3.55. The second-order valence-electron chi connectivity index (χ2n) is 5.33. The van der Waals surface area contributed by atoms with E-state index in [9.17, 15) is 14.3 Å². The molecule has 0 unspecified atom stereocenters. The molecule has 6 nitrogen and oxygen atoms in total. The summed E-state index contributed by atoms with van der Waals surface area (Å²) in [6, 6.07) is 7.30. The van der Waals surface area contributed by atoms with Crippen LogP contribution in [0.2, 0.25) is 0 Å². The number of halogens is 1. The Morgan fingerprint density at radius 2 is 2.22 bits per heavy atom. The average molecular weight is 316 g/mol. The van der Waals surface area contributed by atoms with Crippen LogP contribution in [0.15, 0.2) is 24.3 Å². The highest BCUT2D eigenvalue weighted by molar-refractivity contribution is 5.95. The lowest BCUT2D eigenvalue weighted by atomic mass is 10.0. The van der Waals surface area contributed by atoms with E-state index in [0.717, 1.165) is 6.07 Å². The monoisotopic (exact) mass is 316 g/mol. The molecule has 2 rings (SSSR count). The molecule has 1 N–H and O–H groups in total. The minimum Gasteiger partial charge on any atom is -0.389 e. The van der Waals surface area contributed by atoms with Gasteiger partial charge in [-0.3, -0.25) is 9.48 Å². The SMILES string of the molecule is C[C@@H](O)c1cc(F)ccc1C(=O)N(C)Cc1cc(C#N)n(C)n1. The van der Waals surface area contributed by atoms with Crippen molar-refractivity contribution in [3.63, 3.8) is 0 Å². The van der Waals surface area contributed by atoms with Gasteiger partial charge in [0.1, 0.15) is 17.6 Å². The second kappa shape index (κ2) is 6.58. The van der Waals surface area contributed by atoms with E-state index in [2.05, 4.69) is 5.10 Å². The minimum absolute atomic E-state index is 0.199. The first-order chi connectivity index (χ1) is 10.8. The number of nitrogens with zero attached hydrogens (tertiary/aromatic N) is 4. The number of hydrogen-bond donors (Lipinski definition) is 1. The highest BCUT2D eigenvalue weighted by atomic mass is 19.1. The van der Waals surface area contributed by atoms with E-state index in [0.29, 0.717) is 11.4 Å². The molecule has 1 heterocycles. The van der Waals surface area contributed by atoms with Crippen LogP contribution in [0.3, 0.4) is 0 Å². The summed E-state index contributed by atoms with van der Waals surface area (Å²) in [5, 5.41) is 22.8. The maximum Gasteiger partial charge on any atom is 0.254 e. The smallest absolute Gasteiger partial charge is 0.254 e. The Labute approximate surface area is 133 Å². The van der Waals surface area contributed by atoms with Gasteiger partial charge in [-0.2, -0.15) is 10.4 Å².